The van der Waals surface area contributed by atoms with Gasteiger partial charge in [0.1, 0.15) is 6.54 Å². The van der Waals surface area contributed by atoms with E-state index in [1.54, 1.807) is 14.1 Å². The average Bonchev–Trinajstić information content (AvgIpc) is 2.93. The Labute approximate surface area is 135 Å². The molecule has 0 aliphatic heterocycles. The number of carbonyl (C=O) groups excluding carboxylic acids is 1. The van der Waals surface area contributed by atoms with Crippen LogP contribution in [0.3, 0.4) is 0 Å². The van der Waals surface area contributed by atoms with Gasteiger partial charge in [0.2, 0.25) is 5.91 Å². The number of likely N-dealkylation sites (N-methyl/N-ethyl adjacent to an activating group) is 1. The summed E-state index contributed by atoms with van der Waals surface area (Å²) in [6.07, 6.45) is -2.20. The first-order valence-corrected chi connectivity index (χ1v) is 6.77. The number of carboxylic acid groups (broad SMARTS) is 1. The SMILES string of the molecule is CN(C)C(=O)Cn1cc(-c2cc(C(=O)O)ccc2C(F)(F)F)cn1. The molecule has 128 valence electrons. The van der Waals surface area contributed by atoms with Gasteiger partial charge in [0.25, 0.3) is 0 Å². The van der Waals surface area contributed by atoms with Gasteiger partial charge in [0.05, 0.1) is 17.3 Å². The Morgan fingerprint density at radius 2 is 1.96 bits per heavy atom. The minimum Gasteiger partial charge on any atom is -0.478 e. The lowest BCUT2D eigenvalue weighted by molar-refractivity contribution is -0.137. The van der Waals surface area contributed by atoms with Crippen molar-refractivity contribution in [1.29, 1.82) is 0 Å². The molecular weight excluding hydrogens is 327 g/mol. The number of aromatic carboxylic acids is 1. The number of alkyl halides is 3. The van der Waals surface area contributed by atoms with E-state index in [9.17, 15) is 22.8 Å². The molecule has 0 atom stereocenters. The first kappa shape index (κ1) is 17.5. The molecule has 1 amide bonds. The van der Waals surface area contributed by atoms with Gasteiger partial charge >= 0.3 is 12.1 Å². The average molecular weight is 341 g/mol. The van der Waals surface area contributed by atoms with Gasteiger partial charge in [-0.2, -0.15) is 18.3 Å². The Morgan fingerprint density at radius 3 is 2.50 bits per heavy atom. The van der Waals surface area contributed by atoms with Gasteiger partial charge in [0.15, 0.2) is 0 Å². The van der Waals surface area contributed by atoms with E-state index in [-0.39, 0.29) is 29.1 Å². The number of nitrogens with zero attached hydrogens (tertiary/aromatic N) is 3. The van der Waals surface area contributed by atoms with Crippen molar-refractivity contribution < 1.29 is 27.9 Å². The Balaban J connectivity index is 2.47. The number of hydrogen-bond donors (Lipinski definition) is 1. The Hall–Kier alpha value is -2.84. The van der Waals surface area contributed by atoms with Crippen LogP contribution in [0, 0.1) is 0 Å². The molecular formula is C15H14F3N3O3. The molecule has 9 heteroatoms. The molecule has 6 nitrogen and oxygen atoms in total. The van der Waals surface area contributed by atoms with Crippen LogP contribution in [-0.4, -0.2) is 45.8 Å². The largest absolute Gasteiger partial charge is 0.478 e. The van der Waals surface area contributed by atoms with E-state index in [1.165, 1.54) is 22.0 Å². The van der Waals surface area contributed by atoms with Crippen LogP contribution in [0.15, 0.2) is 30.6 Å². The van der Waals surface area contributed by atoms with Crippen LogP contribution in [-0.2, 0) is 17.5 Å². The number of aromatic nitrogens is 2. The molecule has 2 rings (SSSR count). The zero-order valence-corrected chi connectivity index (χ0v) is 12.8. The van der Waals surface area contributed by atoms with E-state index in [0.29, 0.717) is 0 Å². The van der Waals surface area contributed by atoms with Crippen LogP contribution in [0.5, 0.6) is 0 Å². The van der Waals surface area contributed by atoms with Gasteiger partial charge in [-0.05, 0) is 23.8 Å². The predicted molar refractivity (Wildman–Crippen MR) is 78.3 cm³/mol. The smallest absolute Gasteiger partial charge is 0.417 e. The van der Waals surface area contributed by atoms with Crippen molar-refractivity contribution in [2.45, 2.75) is 12.7 Å². The van der Waals surface area contributed by atoms with E-state index in [4.69, 9.17) is 5.11 Å². The zero-order valence-electron chi connectivity index (χ0n) is 12.8. The molecule has 1 aromatic carbocycles. The van der Waals surface area contributed by atoms with Crippen LogP contribution in [0.4, 0.5) is 13.2 Å². The molecule has 2 aromatic rings. The molecule has 0 saturated carbocycles. The lowest BCUT2D eigenvalue weighted by Gasteiger charge is -2.12. The molecule has 0 aliphatic carbocycles. The van der Waals surface area contributed by atoms with Crippen molar-refractivity contribution >= 4 is 11.9 Å². The number of amides is 1. The molecule has 1 N–H and O–H groups in total. The lowest BCUT2D eigenvalue weighted by Crippen LogP contribution is -2.26. The monoisotopic (exact) mass is 341 g/mol. The highest BCUT2D eigenvalue weighted by Gasteiger charge is 2.34. The van der Waals surface area contributed by atoms with Crippen molar-refractivity contribution in [1.82, 2.24) is 14.7 Å². The number of carboxylic acids is 1. The maximum Gasteiger partial charge on any atom is 0.417 e. The summed E-state index contributed by atoms with van der Waals surface area (Å²) in [4.78, 5) is 24.0. The molecule has 0 fully saturated rings. The molecule has 0 unspecified atom stereocenters. The molecule has 1 aromatic heterocycles. The highest BCUT2D eigenvalue weighted by molar-refractivity contribution is 5.90. The second-order valence-corrected chi connectivity index (χ2v) is 5.28. The second kappa shape index (κ2) is 6.34. The number of rotatable bonds is 4. The number of halogens is 3. The van der Waals surface area contributed by atoms with Gasteiger partial charge in [-0.15, -0.1) is 0 Å². The summed E-state index contributed by atoms with van der Waals surface area (Å²) in [6, 6.07) is 2.57. The summed E-state index contributed by atoms with van der Waals surface area (Å²) in [5.41, 5.74) is -1.45. The third kappa shape index (κ3) is 3.73. The van der Waals surface area contributed by atoms with Crippen molar-refractivity contribution in [3.63, 3.8) is 0 Å². The Morgan fingerprint density at radius 1 is 1.29 bits per heavy atom. The quantitative estimate of drug-likeness (QED) is 0.926. The molecule has 0 bridgehead atoms. The maximum absolute atomic E-state index is 13.2. The maximum atomic E-state index is 13.2. The molecule has 0 saturated heterocycles. The van der Waals surface area contributed by atoms with E-state index in [0.717, 1.165) is 18.2 Å². The Bertz CT molecular complexity index is 782. The van der Waals surface area contributed by atoms with E-state index >= 15 is 0 Å². The fourth-order valence-corrected chi connectivity index (χ4v) is 2.03. The van der Waals surface area contributed by atoms with Crippen molar-refractivity contribution in [2.75, 3.05) is 14.1 Å². The van der Waals surface area contributed by atoms with Gasteiger partial charge in [-0.25, -0.2) is 4.79 Å². The second-order valence-electron chi connectivity index (χ2n) is 5.28. The van der Waals surface area contributed by atoms with E-state index < -0.39 is 17.7 Å². The molecule has 24 heavy (non-hydrogen) atoms. The molecule has 0 spiro atoms. The van der Waals surface area contributed by atoms with E-state index in [1.807, 2.05) is 0 Å². The van der Waals surface area contributed by atoms with Gasteiger partial charge < -0.3 is 10.0 Å². The summed E-state index contributed by atoms with van der Waals surface area (Å²) < 4.78 is 40.7. The minimum absolute atomic E-state index is 0.0805. The summed E-state index contributed by atoms with van der Waals surface area (Å²) in [5, 5.41) is 12.8. The normalized spacial score (nSPS) is 11.4. The summed E-state index contributed by atoms with van der Waals surface area (Å²) in [7, 11) is 3.09. The highest BCUT2D eigenvalue weighted by atomic mass is 19.4. The van der Waals surface area contributed by atoms with Crippen LogP contribution < -0.4 is 0 Å². The van der Waals surface area contributed by atoms with Crippen molar-refractivity contribution in [3.8, 4) is 11.1 Å². The standard InChI is InChI=1S/C15H14F3N3O3/c1-20(2)13(22)8-21-7-10(6-19-21)11-5-9(14(23)24)3-4-12(11)15(16,17)18/h3-7H,8H2,1-2H3,(H,23,24). The molecule has 0 radical (unpaired) electrons. The third-order valence-electron chi connectivity index (χ3n) is 3.31. The number of hydrogen-bond acceptors (Lipinski definition) is 3. The van der Waals surface area contributed by atoms with Gasteiger partial charge in [-0.1, -0.05) is 0 Å². The topological polar surface area (TPSA) is 75.4 Å². The summed E-state index contributed by atoms with van der Waals surface area (Å²) >= 11 is 0. The summed E-state index contributed by atoms with van der Waals surface area (Å²) in [6.45, 7) is -0.132. The third-order valence-corrected chi connectivity index (χ3v) is 3.31. The predicted octanol–water partition coefficient (Wildman–Crippen LogP) is 2.36. The fourth-order valence-electron chi connectivity index (χ4n) is 2.03. The van der Waals surface area contributed by atoms with Crippen LogP contribution in [0.25, 0.3) is 11.1 Å². The number of benzene rings is 1. The van der Waals surface area contributed by atoms with Crippen molar-refractivity contribution in [2.24, 2.45) is 0 Å². The first-order valence-electron chi connectivity index (χ1n) is 6.77. The molecule has 0 aliphatic rings. The van der Waals surface area contributed by atoms with Crippen molar-refractivity contribution in [3.05, 3.63) is 41.7 Å². The van der Waals surface area contributed by atoms with Crippen LogP contribution >= 0.6 is 0 Å². The first-order chi connectivity index (χ1) is 11.1. The number of carbonyl (C=O) groups is 2. The van der Waals surface area contributed by atoms with E-state index in [2.05, 4.69) is 5.10 Å². The fraction of sp³-hybridized carbons (Fsp3) is 0.267. The minimum atomic E-state index is -4.64. The summed E-state index contributed by atoms with van der Waals surface area (Å²) in [5.74, 6) is -1.61. The Kier molecular flexibility index (Phi) is 4.63. The van der Waals surface area contributed by atoms with Gasteiger partial charge in [-0.3, -0.25) is 9.48 Å². The highest BCUT2D eigenvalue weighted by Crippen LogP contribution is 2.37. The van der Waals surface area contributed by atoms with Crippen LogP contribution in [0.1, 0.15) is 15.9 Å². The zero-order chi connectivity index (χ0) is 18.1. The van der Waals surface area contributed by atoms with Gasteiger partial charge in [0, 0.05) is 25.9 Å². The lowest BCUT2D eigenvalue weighted by atomic mass is 9.99. The molecule has 1 heterocycles. The van der Waals surface area contributed by atoms with Crippen LogP contribution in [0.2, 0.25) is 0 Å².